The fraction of sp³-hybridized carbons (Fsp3) is 0.429. The Labute approximate surface area is 170 Å². The molecule has 0 saturated carbocycles. The molecular weight excluding hydrogens is 376 g/mol. The van der Waals surface area contributed by atoms with Crippen molar-refractivity contribution in [3.05, 3.63) is 41.0 Å². The highest BCUT2D eigenvalue weighted by molar-refractivity contribution is 6.29. The lowest BCUT2D eigenvalue weighted by Gasteiger charge is -2.28. The number of hydrogen-bond donors (Lipinski definition) is 1. The first-order valence-corrected chi connectivity index (χ1v) is 10.2. The Morgan fingerprint density at radius 1 is 1.11 bits per heavy atom. The van der Waals surface area contributed by atoms with Crippen molar-refractivity contribution < 1.29 is 9.53 Å². The number of amides is 2. The number of aryl methyl sites for hydroxylation is 1. The van der Waals surface area contributed by atoms with Crippen molar-refractivity contribution in [3.8, 4) is 11.1 Å². The fourth-order valence-electron chi connectivity index (χ4n) is 3.73. The summed E-state index contributed by atoms with van der Waals surface area (Å²) >= 11 is 6.34. The maximum Gasteiger partial charge on any atom is 0.321 e. The van der Waals surface area contributed by atoms with Gasteiger partial charge in [-0.25, -0.2) is 9.78 Å². The Hall–Kier alpha value is -2.31. The zero-order valence-corrected chi connectivity index (χ0v) is 16.8. The summed E-state index contributed by atoms with van der Waals surface area (Å²) in [6, 6.07) is 9.88. The second kappa shape index (κ2) is 8.37. The Kier molecular flexibility index (Phi) is 5.69. The third-order valence-electron chi connectivity index (χ3n) is 5.31. The minimum Gasteiger partial charge on any atom is -0.378 e. The summed E-state index contributed by atoms with van der Waals surface area (Å²) in [5.74, 6) is 0.858. The number of benzene rings is 1. The van der Waals surface area contributed by atoms with E-state index in [1.54, 1.807) is 0 Å². The van der Waals surface area contributed by atoms with Crippen molar-refractivity contribution >= 4 is 29.1 Å². The quantitative estimate of drug-likeness (QED) is 0.785. The molecule has 6 nitrogen and oxygen atoms in total. The van der Waals surface area contributed by atoms with E-state index in [4.69, 9.17) is 16.3 Å². The number of nitrogens with zero attached hydrogens (tertiary/aromatic N) is 3. The number of carbonyl (C=O) groups is 1. The van der Waals surface area contributed by atoms with Gasteiger partial charge in [0, 0.05) is 31.9 Å². The van der Waals surface area contributed by atoms with Gasteiger partial charge in [0.15, 0.2) is 0 Å². The number of nitrogens with one attached hydrogen (secondary N) is 1. The molecule has 2 aliphatic rings. The minimum atomic E-state index is -0.0333. The minimum absolute atomic E-state index is 0.0333. The van der Waals surface area contributed by atoms with Crippen molar-refractivity contribution in [2.75, 3.05) is 49.6 Å². The van der Waals surface area contributed by atoms with Gasteiger partial charge in [0.2, 0.25) is 0 Å². The van der Waals surface area contributed by atoms with E-state index in [9.17, 15) is 4.79 Å². The lowest BCUT2D eigenvalue weighted by Crippen LogP contribution is -2.36. The topological polar surface area (TPSA) is 57.7 Å². The summed E-state index contributed by atoms with van der Waals surface area (Å²) in [7, 11) is 0. The van der Waals surface area contributed by atoms with Crippen molar-refractivity contribution in [1.29, 1.82) is 0 Å². The largest absolute Gasteiger partial charge is 0.378 e. The molecule has 148 valence electrons. The average molecular weight is 401 g/mol. The van der Waals surface area contributed by atoms with Crippen molar-refractivity contribution in [2.45, 2.75) is 19.8 Å². The van der Waals surface area contributed by atoms with Gasteiger partial charge in [-0.05, 0) is 60.7 Å². The van der Waals surface area contributed by atoms with Gasteiger partial charge in [-0.2, -0.15) is 0 Å². The van der Waals surface area contributed by atoms with E-state index in [1.165, 1.54) is 0 Å². The third-order valence-corrected chi connectivity index (χ3v) is 5.50. The molecule has 3 heterocycles. The number of likely N-dealkylation sites (tertiary alicyclic amines) is 1. The molecule has 7 heteroatoms. The zero-order chi connectivity index (χ0) is 19.5. The summed E-state index contributed by atoms with van der Waals surface area (Å²) in [6.45, 7) is 6.71. The molecule has 0 unspecified atom stereocenters. The summed E-state index contributed by atoms with van der Waals surface area (Å²) in [6.07, 6.45) is 2.15. The first-order chi connectivity index (χ1) is 13.6. The van der Waals surface area contributed by atoms with Crippen LogP contribution in [-0.2, 0) is 4.74 Å². The Bertz CT molecular complexity index is 861. The Morgan fingerprint density at radius 2 is 1.86 bits per heavy atom. The van der Waals surface area contributed by atoms with Crippen LogP contribution in [0.15, 0.2) is 30.3 Å². The molecule has 1 N–H and O–H groups in total. The van der Waals surface area contributed by atoms with Crippen LogP contribution in [0.2, 0.25) is 5.15 Å². The number of urea groups is 1. The van der Waals surface area contributed by atoms with E-state index in [2.05, 4.69) is 28.2 Å². The molecule has 1 aromatic carbocycles. The number of anilines is 2. The van der Waals surface area contributed by atoms with Gasteiger partial charge in [0.1, 0.15) is 11.0 Å². The molecule has 0 radical (unpaired) electrons. The fourth-order valence-corrected chi connectivity index (χ4v) is 3.93. The summed E-state index contributed by atoms with van der Waals surface area (Å²) in [4.78, 5) is 21.0. The number of halogens is 1. The summed E-state index contributed by atoms with van der Waals surface area (Å²) in [5.41, 5.74) is 3.95. The van der Waals surface area contributed by atoms with E-state index in [1.807, 2.05) is 29.2 Å². The van der Waals surface area contributed by atoms with Gasteiger partial charge in [-0.1, -0.05) is 17.7 Å². The van der Waals surface area contributed by atoms with Crippen LogP contribution in [0.3, 0.4) is 0 Å². The second-order valence-electron chi connectivity index (χ2n) is 7.29. The molecule has 2 aliphatic heterocycles. The Balaban J connectivity index is 1.61. The number of pyridine rings is 1. The molecule has 2 saturated heterocycles. The Morgan fingerprint density at radius 3 is 2.61 bits per heavy atom. The van der Waals surface area contributed by atoms with Crippen LogP contribution in [0.25, 0.3) is 11.1 Å². The predicted octanol–water partition coefficient (Wildman–Crippen LogP) is 4.17. The zero-order valence-electron chi connectivity index (χ0n) is 16.1. The predicted molar refractivity (Wildman–Crippen MR) is 112 cm³/mol. The summed E-state index contributed by atoms with van der Waals surface area (Å²) < 4.78 is 5.43. The number of rotatable bonds is 3. The molecule has 1 aromatic heterocycles. The first kappa shape index (κ1) is 19.0. The highest BCUT2D eigenvalue weighted by Gasteiger charge is 2.19. The monoisotopic (exact) mass is 400 g/mol. The van der Waals surface area contributed by atoms with Crippen LogP contribution >= 0.6 is 11.6 Å². The van der Waals surface area contributed by atoms with Gasteiger partial charge in [-0.15, -0.1) is 0 Å². The molecule has 28 heavy (non-hydrogen) atoms. The van der Waals surface area contributed by atoms with Crippen LogP contribution in [-0.4, -0.2) is 55.3 Å². The molecule has 0 aliphatic carbocycles. The number of morpholine rings is 1. The van der Waals surface area contributed by atoms with E-state index < -0.39 is 0 Å². The standard InChI is InChI=1S/C21H25ClN4O2/c1-15-4-5-17(23-21(27)26-6-2-3-7-26)14-18(15)16-12-19(22)24-20(13-16)25-8-10-28-11-9-25/h4-5,12-14H,2-3,6-11H2,1H3,(H,23,27). The molecular formula is C21H25ClN4O2. The number of ether oxygens (including phenoxy) is 1. The highest BCUT2D eigenvalue weighted by Crippen LogP contribution is 2.31. The molecule has 2 amide bonds. The van der Waals surface area contributed by atoms with Gasteiger partial charge >= 0.3 is 6.03 Å². The lowest BCUT2D eigenvalue weighted by atomic mass is 10.0. The molecule has 4 rings (SSSR count). The second-order valence-corrected chi connectivity index (χ2v) is 7.68. The van der Waals surface area contributed by atoms with Crippen LogP contribution in [0.4, 0.5) is 16.3 Å². The lowest BCUT2D eigenvalue weighted by molar-refractivity contribution is 0.122. The molecule has 2 fully saturated rings. The van der Waals surface area contributed by atoms with Crippen molar-refractivity contribution in [3.63, 3.8) is 0 Å². The maximum absolute atomic E-state index is 12.4. The number of carbonyl (C=O) groups excluding carboxylic acids is 1. The van der Waals surface area contributed by atoms with Crippen LogP contribution in [0, 0.1) is 6.92 Å². The molecule has 0 spiro atoms. The van der Waals surface area contributed by atoms with Gasteiger partial charge in [0.25, 0.3) is 0 Å². The highest BCUT2D eigenvalue weighted by atomic mass is 35.5. The van der Waals surface area contributed by atoms with E-state index in [-0.39, 0.29) is 6.03 Å². The van der Waals surface area contributed by atoms with E-state index >= 15 is 0 Å². The smallest absolute Gasteiger partial charge is 0.321 e. The van der Waals surface area contributed by atoms with E-state index in [0.29, 0.717) is 18.4 Å². The van der Waals surface area contributed by atoms with Crippen LogP contribution in [0.1, 0.15) is 18.4 Å². The first-order valence-electron chi connectivity index (χ1n) is 9.77. The van der Waals surface area contributed by atoms with Crippen LogP contribution < -0.4 is 10.2 Å². The maximum atomic E-state index is 12.4. The SMILES string of the molecule is Cc1ccc(NC(=O)N2CCCC2)cc1-c1cc(Cl)nc(N2CCOCC2)c1. The average Bonchev–Trinajstić information content (AvgIpc) is 3.25. The molecule has 0 atom stereocenters. The summed E-state index contributed by atoms with van der Waals surface area (Å²) in [5, 5.41) is 3.49. The molecule has 0 bridgehead atoms. The van der Waals surface area contributed by atoms with E-state index in [0.717, 1.165) is 67.2 Å². The molecule has 2 aromatic rings. The normalized spacial score (nSPS) is 17.1. The third kappa shape index (κ3) is 4.23. The number of aromatic nitrogens is 1. The van der Waals surface area contributed by atoms with Gasteiger partial charge in [-0.3, -0.25) is 0 Å². The van der Waals surface area contributed by atoms with Crippen molar-refractivity contribution in [2.24, 2.45) is 0 Å². The van der Waals surface area contributed by atoms with Gasteiger partial charge in [0.05, 0.1) is 13.2 Å². The van der Waals surface area contributed by atoms with Gasteiger partial charge < -0.3 is 19.9 Å². The number of hydrogen-bond acceptors (Lipinski definition) is 4. The van der Waals surface area contributed by atoms with Crippen LogP contribution in [0.5, 0.6) is 0 Å². The van der Waals surface area contributed by atoms with Crippen molar-refractivity contribution in [1.82, 2.24) is 9.88 Å².